The van der Waals surface area contributed by atoms with Crippen molar-refractivity contribution in [3.63, 3.8) is 0 Å². The predicted molar refractivity (Wildman–Crippen MR) is 178 cm³/mol. The summed E-state index contributed by atoms with van der Waals surface area (Å²) < 4.78 is 4.86. The largest absolute Gasteiger partial charge is 1.00 e. The third kappa shape index (κ3) is 6.64. The second kappa shape index (κ2) is 14.3. The molecule has 0 amide bonds. The van der Waals surface area contributed by atoms with Crippen LogP contribution in [0.1, 0.15) is 68.6 Å². The van der Waals surface area contributed by atoms with Crippen molar-refractivity contribution in [3.05, 3.63) is 125 Å². The van der Waals surface area contributed by atoms with Gasteiger partial charge in [0.05, 0.1) is 12.2 Å². The number of thiophene rings is 1. The molecule has 0 fully saturated rings. The molecule has 1 atom stereocenters. The fraction of sp³-hybridized carbons (Fsp3) is 0.243. The zero-order chi connectivity index (χ0) is 29.8. The average molecular weight is 590 g/mol. The first-order valence-corrected chi connectivity index (χ1v) is 15.9. The van der Waals surface area contributed by atoms with Gasteiger partial charge in [-0.2, -0.15) is 35.1 Å². The minimum atomic E-state index is 0. The predicted octanol–water partition coefficient (Wildman–Crippen LogP) is 6.48. The molecule has 0 radical (unpaired) electrons. The van der Waals surface area contributed by atoms with Crippen molar-refractivity contribution in [3.8, 4) is 11.5 Å². The van der Waals surface area contributed by atoms with Crippen molar-refractivity contribution < 1.29 is 23.4 Å². The van der Waals surface area contributed by atoms with Crippen LogP contribution in [-0.2, 0) is 6.42 Å². The number of benzene rings is 3. The first-order valence-electron chi connectivity index (χ1n) is 15.1. The summed E-state index contributed by atoms with van der Waals surface area (Å²) in [6.45, 7) is 8.42. The molecule has 0 N–H and O–H groups in total. The van der Waals surface area contributed by atoms with Gasteiger partial charge in [0.15, 0.2) is 0 Å². The van der Waals surface area contributed by atoms with E-state index in [0.717, 1.165) is 36.2 Å². The molecule has 0 saturated heterocycles. The Hall–Kier alpha value is -3.82. The van der Waals surface area contributed by atoms with Crippen LogP contribution in [0.2, 0.25) is 0 Å². The van der Waals surface area contributed by atoms with Crippen LogP contribution < -0.4 is 28.5 Å². The van der Waals surface area contributed by atoms with Gasteiger partial charge in [-0.1, -0.05) is 104 Å². The van der Waals surface area contributed by atoms with Crippen molar-refractivity contribution in [2.24, 2.45) is 0 Å². The first kappa shape index (κ1) is 31.6. The second-order valence-corrected chi connectivity index (χ2v) is 11.8. The number of aromatic nitrogens is 4. The summed E-state index contributed by atoms with van der Waals surface area (Å²) in [4.78, 5) is 4.34. The quantitative estimate of drug-likeness (QED) is 0.122. The van der Waals surface area contributed by atoms with Crippen LogP contribution in [0.15, 0.2) is 85.1 Å². The maximum atomic E-state index is 4.90. The van der Waals surface area contributed by atoms with Gasteiger partial charge in [0.25, 0.3) is 0 Å². The Balaban J connectivity index is 0.000000187. The van der Waals surface area contributed by atoms with Crippen molar-refractivity contribution >= 4 is 43.3 Å². The van der Waals surface area contributed by atoms with Gasteiger partial charge in [0.1, 0.15) is 5.69 Å². The molecular formula is C37H36LiN5S-2. The Kier molecular flexibility index (Phi) is 10.3. The van der Waals surface area contributed by atoms with Gasteiger partial charge >= 0.3 is 18.9 Å². The van der Waals surface area contributed by atoms with E-state index in [1.54, 1.807) is 0 Å². The smallest absolute Gasteiger partial charge is 0.676 e. The number of nitrogens with zero attached hydrogens (tertiary/aromatic N) is 5. The van der Waals surface area contributed by atoms with E-state index in [1.807, 2.05) is 42.5 Å². The minimum Gasteiger partial charge on any atom is -0.676 e. The van der Waals surface area contributed by atoms with E-state index in [2.05, 4.69) is 113 Å². The fourth-order valence-electron chi connectivity index (χ4n) is 5.61. The number of pyridine rings is 1. The summed E-state index contributed by atoms with van der Waals surface area (Å²) in [5.74, 6) is 1.41. The van der Waals surface area contributed by atoms with E-state index in [4.69, 9.17) is 5.32 Å². The number of rotatable bonds is 7. The molecule has 3 aromatic heterocycles. The standard InChI is InChI=1S/C24H19NS.C13H17N4.Li/c1-2-5-16-8-11-19-20-12-9-18(15-24(20)26-23(19)14-16)22-13-10-17-6-3-4-7-21(17)25-22;1-4-11(5-2)17-9-7-6-8-12(17)13-14-10(3)15-16-13;/h3-4,6-8,10-15,22H,2,5H2,1H3;6-9H,4-5H2,1-3H3;/q-2;-1;+1. The van der Waals surface area contributed by atoms with Crippen LogP contribution in [0.25, 0.3) is 43.1 Å². The number of fused-ring (bicyclic) bond motifs is 4. The molecule has 5 nitrogen and oxygen atoms in total. The molecular weight excluding hydrogens is 553 g/mol. The summed E-state index contributed by atoms with van der Waals surface area (Å²) in [5, 5.41) is 15.6. The van der Waals surface area contributed by atoms with E-state index < -0.39 is 0 Å². The minimum absolute atomic E-state index is 0. The topological polar surface area (TPSA) is 57.9 Å². The first-order chi connectivity index (χ1) is 21.1. The molecule has 1 aliphatic rings. The van der Waals surface area contributed by atoms with E-state index >= 15 is 0 Å². The SMILES string of the molecule is CCCc1ccc2c(c1)sc1cc(C3C=Cc4ccccc4[N-]3)[c-]cc12.CC[C-](CC)[n+]1ccccc1-c1nc(C)n[n-]1.[Li+]. The van der Waals surface area contributed by atoms with Crippen LogP contribution >= 0.6 is 11.3 Å². The third-order valence-electron chi connectivity index (χ3n) is 7.82. The van der Waals surface area contributed by atoms with Gasteiger partial charge in [-0.05, 0) is 55.3 Å². The summed E-state index contributed by atoms with van der Waals surface area (Å²) in [6.07, 6.45) is 10.8. The van der Waals surface area contributed by atoms with Crippen LogP contribution in [0, 0.1) is 19.0 Å². The molecule has 0 spiro atoms. The van der Waals surface area contributed by atoms with Crippen molar-refractivity contribution in [2.75, 3.05) is 0 Å². The summed E-state index contributed by atoms with van der Waals surface area (Å²) in [7, 11) is 0. The molecule has 3 aromatic carbocycles. The number of hydrogen-bond acceptors (Lipinski definition) is 3. The zero-order valence-electron chi connectivity index (χ0n) is 26.2. The van der Waals surface area contributed by atoms with Gasteiger partial charge in [-0.15, -0.1) is 11.1 Å². The normalized spacial score (nSPS) is 13.5. The summed E-state index contributed by atoms with van der Waals surface area (Å²) in [6, 6.07) is 30.5. The molecule has 4 heterocycles. The maximum absolute atomic E-state index is 4.90. The van der Waals surface area contributed by atoms with Crippen LogP contribution in [-0.4, -0.2) is 10.1 Å². The Morgan fingerprint density at radius 3 is 2.52 bits per heavy atom. The van der Waals surface area contributed by atoms with Gasteiger partial charge in [-0.3, -0.25) is 5.10 Å². The van der Waals surface area contributed by atoms with E-state index in [-0.39, 0.29) is 24.9 Å². The van der Waals surface area contributed by atoms with Crippen LogP contribution in [0.3, 0.4) is 0 Å². The Morgan fingerprint density at radius 1 is 0.955 bits per heavy atom. The van der Waals surface area contributed by atoms with Gasteiger partial charge in [0.2, 0.25) is 0 Å². The molecule has 6 aromatic rings. The summed E-state index contributed by atoms with van der Waals surface area (Å²) >= 11 is 1.88. The molecule has 44 heavy (non-hydrogen) atoms. The molecule has 0 saturated carbocycles. The van der Waals surface area contributed by atoms with E-state index in [1.165, 1.54) is 43.8 Å². The Bertz CT molecular complexity index is 1880. The molecule has 0 aliphatic carbocycles. The third-order valence-corrected chi connectivity index (χ3v) is 8.94. The molecule has 1 unspecified atom stereocenters. The monoisotopic (exact) mass is 589 g/mol. The Morgan fingerprint density at radius 2 is 1.75 bits per heavy atom. The van der Waals surface area contributed by atoms with Crippen molar-refractivity contribution in [1.29, 1.82) is 0 Å². The van der Waals surface area contributed by atoms with Crippen LogP contribution in [0.5, 0.6) is 0 Å². The van der Waals surface area contributed by atoms with Crippen molar-refractivity contribution in [1.82, 2.24) is 15.2 Å². The molecule has 218 valence electrons. The summed E-state index contributed by atoms with van der Waals surface area (Å²) in [5.41, 5.74) is 5.83. The van der Waals surface area contributed by atoms with Crippen molar-refractivity contribution in [2.45, 2.75) is 59.4 Å². The molecule has 0 bridgehead atoms. The van der Waals surface area contributed by atoms with E-state index in [9.17, 15) is 0 Å². The molecule has 7 heteroatoms. The second-order valence-electron chi connectivity index (χ2n) is 10.8. The Labute approximate surface area is 276 Å². The average Bonchev–Trinajstić information content (AvgIpc) is 3.64. The van der Waals surface area contributed by atoms with Gasteiger partial charge in [-0.25, -0.2) is 0 Å². The molecule has 7 rings (SSSR count). The van der Waals surface area contributed by atoms with Crippen LogP contribution in [0.4, 0.5) is 5.69 Å². The molecule has 1 aliphatic heterocycles. The van der Waals surface area contributed by atoms with Gasteiger partial charge < -0.3 is 20.0 Å². The number of para-hydroxylation sites is 1. The fourth-order valence-corrected chi connectivity index (χ4v) is 6.81. The zero-order valence-corrected chi connectivity index (χ0v) is 27.0. The number of aryl methyl sites for hydroxylation is 2. The van der Waals surface area contributed by atoms with E-state index in [0.29, 0.717) is 11.6 Å². The van der Waals surface area contributed by atoms with Gasteiger partial charge in [0, 0.05) is 10.5 Å². The number of hydrogen-bond donors (Lipinski definition) is 0. The maximum Gasteiger partial charge on any atom is 1.00 e.